The average Bonchev–Trinajstić information content (AvgIpc) is 3.14. The van der Waals surface area contributed by atoms with Crippen molar-refractivity contribution in [3.8, 4) is 16.9 Å². The zero-order valence-corrected chi connectivity index (χ0v) is 14.3. The Balaban J connectivity index is 2.15. The van der Waals surface area contributed by atoms with E-state index in [0.29, 0.717) is 5.65 Å². The van der Waals surface area contributed by atoms with E-state index in [1.54, 1.807) is 7.11 Å². The van der Waals surface area contributed by atoms with Gasteiger partial charge < -0.3 is 4.74 Å². The number of H-pyrrole nitrogens is 1. The van der Waals surface area contributed by atoms with E-state index < -0.39 is 0 Å². The molecule has 4 rings (SSSR count). The fourth-order valence-corrected chi connectivity index (χ4v) is 3.74. The molecule has 0 radical (unpaired) electrons. The summed E-state index contributed by atoms with van der Waals surface area (Å²) >= 11 is 1.17. The van der Waals surface area contributed by atoms with Gasteiger partial charge in [-0.3, -0.25) is 9.78 Å². The number of thiazole rings is 1. The molecule has 0 aliphatic heterocycles. The van der Waals surface area contributed by atoms with Gasteiger partial charge >= 0.3 is 4.87 Å². The summed E-state index contributed by atoms with van der Waals surface area (Å²) in [6.07, 6.45) is 1.82. The van der Waals surface area contributed by atoms with Crippen LogP contribution in [-0.2, 0) is 0 Å². The molecule has 0 atom stereocenters. The van der Waals surface area contributed by atoms with Crippen LogP contribution in [0.4, 0.5) is 0 Å². The average molecular weight is 340 g/mol. The molecule has 1 N–H and O–H groups in total. The van der Waals surface area contributed by atoms with Crippen LogP contribution in [-0.4, -0.2) is 26.9 Å². The number of fused-ring (bicyclic) bond motifs is 2. The maximum atomic E-state index is 11.9. The van der Waals surface area contributed by atoms with Crippen molar-refractivity contribution in [2.24, 2.45) is 0 Å². The number of aromatic amines is 1. The second-order valence-corrected chi connectivity index (χ2v) is 6.81. The summed E-state index contributed by atoms with van der Waals surface area (Å²) in [6, 6.07) is 7.99. The van der Waals surface area contributed by atoms with E-state index in [-0.39, 0.29) is 10.9 Å². The third-order valence-electron chi connectivity index (χ3n) is 3.96. The number of aromatic nitrogens is 4. The first-order chi connectivity index (χ1) is 11.6. The van der Waals surface area contributed by atoms with Gasteiger partial charge in [0.15, 0.2) is 11.3 Å². The highest BCUT2D eigenvalue weighted by atomic mass is 32.1. The van der Waals surface area contributed by atoms with Crippen molar-refractivity contribution in [1.82, 2.24) is 19.7 Å². The summed E-state index contributed by atoms with van der Waals surface area (Å²) in [4.78, 5) is 19.2. The van der Waals surface area contributed by atoms with E-state index in [1.807, 2.05) is 35.1 Å². The Hall–Kier alpha value is -2.67. The third kappa shape index (κ3) is 2.20. The predicted molar refractivity (Wildman–Crippen MR) is 95.9 cm³/mol. The Morgan fingerprint density at radius 2 is 2.17 bits per heavy atom. The van der Waals surface area contributed by atoms with Gasteiger partial charge in [0.2, 0.25) is 0 Å². The first-order valence-electron chi connectivity index (χ1n) is 7.63. The lowest BCUT2D eigenvalue weighted by atomic mass is 10.0. The molecule has 0 saturated carbocycles. The van der Waals surface area contributed by atoms with Gasteiger partial charge in [0.25, 0.3) is 0 Å². The highest BCUT2D eigenvalue weighted by Gasteiger charge is 2.18. The molecule has 4 aromatic rings. The molecule has 0 fully saturated rings. The van der Waals surface area contributed by atoms with Crippen LogP contribution in [0.5, 0.6) is 5.75 Å². The Bertz CT molecular complexity index is 1110. The van der Waals surface area contributed by atoms with Crippen LogP contribution in [0.1, 0.15) is 19.9 Å². The number of benzene rings is 1. The summed E-state index contributed by atoms with van der Waals surface area (Å²) in [5.74, 6) is 0.768. The van der Waals surface area contributed by atoms with Crippen molar-refractivity contribution in [3.63, 3.8) is 0 Å². The number of methoxy groups -OCH3 is 1. The molecule has 0 amide bonds. The van der Waals surface area contributed by atoms with Gasteiger partial charge in [0, 0.05) is 17.0 Å². The molecule has 7 heteroatoms. The zero-order valence-electron chi connectivity index (χ0n) is 13.5. The van der Waals surface area contributed by atoms with Crippen LogP contribution in [0.3, 0.4) is 0 Å². The lowest BCUT2D eigenvalue weighted by Gasteiger charge is -2.09. The van der Waals surface area contributed by atoms with Gasteiger partial charge in [-0.25, -0.2) is 9.67 Å². The predicted octanol–water partition coefficient (Wildman–Crippen LogP) is 3.59. The molecule has 0 bridgehead atoms. The Kier molecular flexibility index (Phi) is 3.38. The minimum absolute atomic E-state index is 0.113. The second kappa shape index (κ2) is 5.45. The van der Waals surface area contributed by atoms with Crippen molar-refractivity contribution in [3.05, 3.63) is 40.1 Å². The first-order valence-corrected chi connectivity index (χ1v) is 8.44. The standard InChI is InChI=1S/C17H16N4O2S/c1-9(2)21-16-12(8-18-21)13(10-5-4-6-11(7-10)23-3)14-15(19-16)20-17(22)24-14/h4-9H,1-3H3,(H,19,20,22). The number of nitrogens with zero attached hydrogens (tertiary/aromatic N) is 3. The van der Waals surface area contributed by atoms with Crippen molar-refractivity contribution >= 4 is 32.7 Å². The van der Waals surface area contributed by atoms with Crippen LogP contribution < -0.4 is 9.61 Å². The summed E-state index contributed by atoms with van der Waals surface area (Å²) in [6.45, 7) is 4.11. The van der Waals surface area contributed by atoms with E-state index in [0.717, 1.165) is 32.6 Å². The largest absolute Gasteiger partial charge is 0.497 e. The molecular formula is C17H16N4O2S. The number of hydrogen-bond acceptors (Lipinski definition) is 5. The van der Waals surface area contributed by atoms with E-state index >= 15 is 0 Å². The van der Waals surface area contributed by atoms with E-state index in [1.165, 1.54) is 11.3 Å². The van der Waals surface area contributed by atoms with Gasteiger partial charge in [-0.15, -0.1) is 0 Å². The molecule has 0 aliphatic rings. The minimum atomic E-state index is -0.113. The SMILES string of the molecule is COc1cccc(-c2c3cnn(C(C)C)c3nc3[nH]c(=O)sc23)c1. The van der Waals surface area contributed by atoms with Crippen LogP contribution in [0.15, 0.2) is 35.3 Å². The Morgan fingerprint density at radius 3 is 2.92 bits per heavy atom. The monoisotopic (exact) mass is 340 g/mol. The fourth-order valence-electron chi connectivity index (χ4n) is 2.88. The molecule has 6 nitrogen and oxygen atoms in total. The first kappa shape index (κ1) is 14.9. The van der Waals surface area contributed by atoms with Crippen molar-refractivity contribution in [1.29, 1.82) is 0 Å². The number of pyridine rings is 1. The van der Waals surface area contributed by atoms with E-state index in [4.69, 9.17) is 4.74 Å². The number of nitrogens with one attached hydrogen (secondary N) is 1. The highest BCUT2D eigenvalue weighted by Crippen LogP contribution is 2.37. The van der Waals surface area contributed by atoms with Crippen LogP contribution in [0.2, 0.25) is 0 Å². The zero-order chi connectivity index (χ0) is 16.8. The molecule has 0 aliphatic carbocycles. The molecule has 24 heavy (non-hydrogen) atoms. The summed E-state index contributed by atoms with van der Waals surface area (Å²) in [5, 5.41) is 5.41. The van der Waals surface area contributed by atoms with Crippen molar-refractivity contribution in [2.45, 2.75) is 19.9 Å². The van der Waals surface area contributed by atoms with Gasteiger partial charge in [-0.2, -0.15) is 5.10 Å². The van der Waals surface area contributed by atoms with Crippen LogP contribution in [0, 0.1) is 0 Å². The quantitative estimate of drug-likeness (QED) is 0.618. The van der Waals surface area contributed by atoms with Crippen LogP contribution in [0.25, 0.3) is 32.5 Å². The van der Waals surface area contributed by atoms with E-state index in [2.05, 4.69) is 28.9 Å². The smallest absolute Gasteiger partial charge is 0.306 e. The summed E-state index contributed by atoms with van der Waals surface area (Å²) in [5.41, 5.74) is 3.30. The number of ether oxygens (including phenoxy) is 1. The summed E-state index contributed by atoms with van der Waals surface area (Å²) in [7, 11) is 1.64. The van der Waals surface area contributed by atoms with Crippen LogP contribution >= 0.6 is 11.3 Å². The maximum absolute atomic E-state index is 11.9. The topological polar surface area (TPSA) is 72.8 Å². The molecule has 3 heterocycles. The van der Waals surface area contributed by atoms with Crippen molar-refractivity contribution in [2.75, 3.05) is 7.11 Å². The van der Waals surface area contributed by atoms with E-state index in [9.17, 15) is 4.79 Å². The third-order valence-corrected chi connectivity index (χ3v) is 4.85. The lowest BCUT2D eigenvalue weighted by Crippen LogP contribution is -2.03. The fraction of sp³-hybridized carbons (Fsp3) is 0.235. The lowest BCUT2D eigenvalue weighted by molar-refractivity contribution is 0.415. The Labute approximate surface area is 141 Å². The number of hydrogen-bond donors (Lipinski definition) is 1. The molecule has 122 valence electrons. The molecule has 1 aromatic carbocycles. The molecule has 0 saturated heterocycles. The molecule has 0 spiro atoms. The summed E-state index contributed by atoms with van der Waals surface area (Å²) < 4.78 is 8.05. The molecule has 3 aromatic heterocycles. The normalized spacial score (nSPS) is 11.7. The van der Waals surface area contributed by atoms with Gasteiger partial charge in [0.1, 0.15) is 5.75 Å². The number of rotatable bonds is 3. The van der Waals surface area contributed by atoms with Crippen molar-refractivity contribution < 1.29 is 4.74 Å². The Morgan fingerprint density at radius 1 is 1.33 bits per heavy atom. The van der Waals surface area contributed by atoms with Gasteiger partial charge in [0.05, 0.1) is 18.0 Å². The molecular weight excluding hydrogens is 324 g/mol. The highest BCUT2D eigenvalue weighted by molar-refractivity contribution is 7.17. The van der Waals surface area contributed by atoms with Gasteiger partial charge in [-0.1, -0.05) is 23.5 Å². The maximum Gasteiger partial charge on any atom is 0.306 e. The minimum Gasteiger partial charge on any atom is -0.497 e. The molecule has 0 unspecified atom stereocenters. The van der Waals surface area contributed by atoms with Gasteiger partial charge in [-0.05, 0) is 31.5 Å². The second-order valence-electron chi connectivity index (χ2n) is 5.83.